The fourth-order valence-electron chi connectivity index (χ4n) is 7.02. The molecule has 3 aliphatic rings. The first-order valence-electron chi connectivity index (χ1n) is 13.9. The minimum absolute atomic E-state index is 0.409. The second-order valence-electron chi connectivity index (χ2n) is 10.9. The van der Waals surface area contributed by atoms with E-state index < -0.39 is 0 Å². The smallest absolute Gasteiger partial charge is 0.0589 e. The van der Waals surface area contributed by atoms with Crippen LogP contribution < -0.4 is 4.90 Å². The van der Waals surface area contributed by atoms with Gasteiger partial charge >= 0.3 is 0 Å². The lowest BCUT2D eigenvalue weighted by Crippen LogP contribution is -2.35. The maximum absolute atomic E-state index is 3.64. The average Bonchev–Trinajstić information content (AvgIpc) is 3.52. The van der Waals surface area contributed by atoms with Crippen molar-refractivity contribution in [1.82, 2.24) is 4.98 Å². The van der Waals surface area contributed by atoms with E-state index in [-0.39, 0.29) is 0 Å². The first kappa shape index (κ1) is 21.8. The van der Waals surface area contributed by atoms with Gasteiger partial charge in [0.1, 0.15) is 0 Å². The molecule has 4 aromatic carbocycles. The van der Waals surface area contributed by atoms with E-state index in [4.69, 9.17) is 0 Å². The third-order valence-electron chi connectivity index (χ3n) is 8.82. The number of hydrogen-bond acceptors (Lipinski definition) is 1. The molecule has 2 heterocycles. The summed E-state index contributed by atoms with van der Waals surface area (Å²) >= 11 is 0. The van der Waals surface area contributed by atoms with Gasteiger partial charge in [0.05, 0.1) is 6.04 Å². The van der Waals surface area contributed by atoms with Gasteiger partial charge < -0.3 is 9.88 Å². The van der Waals surface area contributed by atoms with Crippen molar-refractivity contribution in [2.24, 2.45) is 5.92 Å². The number of fused-ring (bicyclic) bond motifs is 5. The van der Waals surface area contributed by atoms with E-state index in [1.165, 1.54) is 49.9 Å². The van der Waals surface area contributed by atoms with E-state index in [1.807, 2.05) is 0 Å². The Morgan fingerprint density at radius 2 is 1.47 bits per heavy atom. The van der Waals surface area contributed by atoms with E-state index in [2.05, 4.69) is 131 Å². The second kappa shape index (κ2) is 8.63. The Balaban J connectivity index is 1.18. The minimum Gasteiger partial charge on any atom is -0.355 e. The number of para-hydroxylation sites is 1. The molecule has 0 bridgehead atoms. The predicted molar refractivity (Wildman–Crippen MR) is 159 cm³/mol. The van der Waals surface area contributed by atoms with E-state index in [1.54, 1.807) is 5.57 Å². The Kier molecular flexibility index (Phi) is 4.94. The van der Waals surface area contributed by atoms with Crippen molar-refractivity contribution >= 4 is 27.5 Å². The molecule has 2 aliphatic carbocycles. The van der Waals surface area contributed by atoms with Crippen LogP contribution in [0.1, 0.15) is 30.7 Å². The molecular formula is C36H30N2. The molecule has 0 amide bonds. The van der Waals surface area contributed by atoms with E-state index in [0.29, 0.717) is 17.9 Å². The highest BCUT2D eigenvalue weighted by molar-refractivity contribution is 6.08. The molecule has 184 valence electrons. The summed E-state index contributed by atoms with van der Waals surface area (Å²) in [6.45, 7) is 0. The third kappa shape index (κ3) is 3.40. The molecule has 2 nitrogen and oxygen atoms in total. The van der Waals surface area contributed by atoms with E-state index >= 15 is 0 Å². The van der Waals surface area contributed by atoms with Crippen LogP contribution in [0.15, 0.2) is 133 Å². The molecule has 8 rings (SSSR count). The summed E-state index contributed by atoms with van der Waals surface area (Å²) in [5.74, 6) is 0.947. The van der Waals surface area contributed by atoms with Gasteiger partial charge in [0.15, 0.2) is 0 Å². The Hall–Kier alpha value is -4.30. The predicted octanol–water partition coefficient (Wildman–Crippen LogP) is 9.14. The number of nitrogens with one attached hydrogen (secondary N) is 1. The number of aromatic amines is 1. The normalized spacial score (nSPS) is 22.3. The maximum atomic E-state index is 3.64. The average molecular weight is 491 g/mol. The molecular weight excluding hydrogens is 460 g/mol. The van der Waals surface area contributed by atoms with Crippen molar-refractivity contribution in [1.29, 1.82) is 0 Å². The molecule has 1 aliphatic heterocycles. The molecule has 3 atom stereocenters. The summed E-state index contributed by atoms with van der Waals surface area (Å²) in [4.78, 5) is 6.26. The molecule has 2 heteroatoms. The fourth-order valence-corrected chi connectivity index (χ4v) is 7.02. The van der Waals surface area contributed by atoms with Crippen molar-refractivity contribution in [2.45, 2.75) is 31.2 Å². The highest BCUT2D eigenvalue weighted by atomic mass is 15.2. The Labute approximate surface area is 223 Å². The molecule has 3 unspecified atom stereocenters. The molecule has 0 saturated carbocycles. The first-order chi connectivity index (χ1) is 18.8. The summed E-state index contributed by atoms with van der Waals surface area (Å²) in [7, 11) is 0. The molecule has 5 aromatic rings. The van der Waals surface area contributed by atoms with Gasteiger partial charge in [0.25, 0.3) is 0 Å². The number of hydrogen-bond donors (Lipinski definition) is 1. The zero-order valence-electron chi connectivity index (χ0n) is 21.3. The highest BCUT2D eigenvalue weighted by Crippen LogP contribution is 2.49. The number of aromatic nitrogens is 1. The van der Waals surface area contributed by atoms with Crippen LogP contribution in [0.2, 0.25) is 0 Å². The molecule has 38 heavy (non-hydrogen) atoms. The van der Waals surface area contributed by atoms with Crippen LogP contribution in [0, 0.1) is 5.92 Å². The standard InChI is InChI=1S/C36H30N2/c1-3-9-24(10-4-1)25-15-18-33-30(21-25)31-22-26(16-19-34(31)37-33)27-17-20-36-32(23-27)29-13-7-8-14-35(29)38(36)28-11-5-2-6-12-28/h1-7,9-13,15-22,27,32,36-37H,8,14,23H2. The lowest BCUT2D eigenvalue weighted by atomic mass is 9.77. The van der Waals surface area contributed by atoms with Crippen LogP contribution in [-0.2, 0) is 0 Å². The minimum atomic E-state index is 0.409. The van der Waals surface area contributed by atoms with Gasteiger partial charge in [-0.15, -0.1) is 0 Å². The van der Waals surface area contributed by atoms with Crippen molar-refractivity contribution in [3.63, 3.8) is 0 Å². The van der Waals surface area contributed by atoms with Crippen LogP contribution in [0.4, 0.5) is 5.69 Å². The van der Waals surface area contributed by atoms with Gasteiger partial charge in [-0.1, -0.05) is 85.0 Å². The van der Waals surface area contributed by atoms with Crippen LogP contribution in [0.25, 0.3) is 32.9 Å². The molecule has 1 N–H and O–H groups in total. The number of benzene rings is 4. The van der Waals surface area contributed by atoms with Gasteiger partial charge in [0.2, 0.25) is 0 Å². The zero-order chi connectivity index (χ0) is 25.1. The third-order valence-corrected chi connectivity index (χ3v) is 8.82. The van der Waals surface area contributed by atoms with Crippen LogP contribution >= 0.6 is 0 Å². The first-order valence-corrected chi connectivity index (χ1v) is 13.9. The monoisotopic (exact) mass is 490 g/mol. The Morgan fingerprint density at radius 1 is 0.711 bits per heavy atom. The maximum Gasteiger partial charge on any atom is 0.0589 e. The Morgan fingerprint density at radius 3 is 2.32 bits per heavy atom. The molecule has 0 radical (unpaired) electrons. The van der Waals surface area contributed by atoms with Crippen molar-refractivity contribution in [3.8, 4) is 11.1 Å². The largest absolute Gasteiger partial charge is 0.355 e. The quantitative estimate of drug-likeness (QED) is 0.250. The number of rotatable bonds is 3. The SMILES string of the molecule is C1=CC2=C(CC1)N(c1ccccc1)C1C=CC(c3ccc4[nH]c5ccc(-c6ccccc6)cc5c4c3)CC21. The summed E-state index contributed by atoms with van der Waals surface area (Å²) in [6.07, 6.45) is 13.2. The van der Waals surface area contributed by atoms with E-state index in [0.717, 1.165) is 19.3 Å². The molecule has 0 saturated heterocycles. The van der Waals surface area contributed by atoms with Crippen molar-refractivity contribution in [2.75, 3.05) is 4.90 Å². The molecule has 0 spiro atoms. The fraction of sp³-hybridized carbons (Fsp3) is 0.167. The number of nitrogens with zero attached hydrogens (tertiary/aromatic N) is 1. The number of H-pyrrole nitrogens is 1. The van der Waals surface area contributed by atoms with Crippen LogP contribution in [0.5, 0.6) is 0 Å². The second-order valence-corrected chi connectivity index (χ2v) is 10.9. The van der Waals surface area contributed by atoms with Gasteiger partial charge in [0, 0.05) is 45.0 Å². The topological polar surface area (TPSA) is 19.0 Å². The summed E-state index contributed by atoms with van der Waals surface area (Å²) < 4.78 is 0. The van der Waals surface area contributed by atoms with Gasteiger partial charge in [-0.2, -0.15) is 0 Å². The lowest BCUT2D eigenvalue weighted by Gasteiger charge is -2.34. The summed E-state index contributed by atoms with van der Waals surface area (Å²) in [5.41, 5.74) is 10.8. The zero-order valence-corrected chi connectivity index (χ0v) is 21.3. The molecule has 0 fully saturated rings. The van der Waals surface area contributed by atoms with Crippen molar-refractivity contribution in [3.05, 3.63) is 138 Å². The number of allylic oxidation sites excluding steroid dienone is 4. The van der Waals surface area contributed by atoms with Crippen molar-refractivity contribution < 1.29 is 0 Å². The molecule has 1 aromatic heterocycles. The van der Waals surface area contributed by atoms with E-state index in [9.17, 15) is 0 Å². The van der Waals surface area contributed by atoms with Crippen LogP contribution in [0.3, 0.4) is 0 Å². The lowest BCUT2D eigenvalue weighted by molar-refractivity contribution is 0.485. The Bertz CT molecular complexity index is 1750. The number of anilines is 1. The van der Waals surface area contributed by atoms with Crippen LogP contribution in [-0.4, -0.2) is 11.0 Å². The van der Waals surface area contributed by atoms with Gasteiger partial charge in [-0.05, 0) is 77.9 Å². The summed E-state index contributed by atoms with van der Waals surface area (Å²) in [5, 5.41) is 2.62. The van der Waals surface area contributed by atoms with Gasteiger partial charge in [-0.25, -0.2) is 0 Å². The van der Waals surface area contributed by atoms with Gasteiger partial charge in [-0.3, -0.25) is 0 Å². The summed E-state index contributed by atoms with van der Waals surface area (Å²) in [6, 6.07) is 35.9. The highest BCUT2D eigenvalue weighted by Gasteiger charge is 2.42.